The highest BCUT2D eigenvalue weighted by Gasteiger charge is 2.24. The van der Waals surface area contributed by atoms with E-state index in [4.69, 9.17) is 4.74 Å². The minimum atomic E-state index is -0.318. The van der Waals surface area contributed by atoms with Crippen molar-refractivity contribution in [3.8, 4) is 0 Å². The molecule has 2 amide bonds. The zero-order chi connectivity index (χ0) is 18.2. The summed E-state index contributed by atoms with van der Waals surface area (Å²) in [5.41, 5.74) is 2.75. The van der Waals surface area contributed by atoms with Crippen molar-refractivity contribution in [1.29, 1.82) is 0 Å². The molecular formula is C19H25N3O3. The van der Waals surface area contributed by atoms with E-state index in [1.54, 1.807) is 4.90 Å². The molecule has 2 heterocycles. The first-order valence-electron chi connectivity index (χ1n) is 8.60. The summed E-state index contributed by atoms with van der Waals surface area (Å²) in [6, 6.07) is 7.92. The third-order valence-corrected chi connectivity index (χ3v) is 4.45. The Morgan fingerprint density at radius 3 is 2.76 bits per heavy atom. The zero-order valence-electron chi connectivity index (χ0n) is 15.2. The zero-order valence-corrected chi connectivity index (χ0v) is 15.2. The summed E-state index contributed by atoms with van der Waals surface area (Å²) >= 11 is 0. The Bertz CT molecular complexity index is 804. The number of aromatic nitrogens is 1. The SMILES string of the molecule is C[C@@H](CN1CCOC1=O)NC(=O)c1cc2ccc(C(C)(C)C)cc2[nH]1. The van der Waals surface area contributed by atoms with Crippen LogP contribution in [0.1, 0.15) is 43.7 Å². The topological polar surface area (TPSA) is 74.4 Å². The van der Waals surface area contributed by atoms with Gasteiger partial charge in [-0.3, -0.25) is 4.79 Å². The lowest BCUT2D eigenvalue weighted by Gasteiger charge is -2.19. The van der Waals surface area contributed by atoms with Crippen LogP contribution in [-0.4, -0.2) is 47.6 Å². The molecule has 1 saturated heterocycles. The second-order valence-corrected chi connectivity index (χ2v) is 7.67. The minimum Gasteiger partial charge on any atom is -0.448 e. The summed E-state index contributed by atoms with van der Waals surface area (Å²) in [6.45, 7) is 9.79. The first-order valence-corrected chi connectivity index (χ1v) is 8.60. The Morgan fingerprint density at radius 2 is 2.12 bits per heavy atom. The molecule has 6 nitrogen and oxygen atoms in total. The molecule has 134 valence electrons. The van der Waals surface area contributed by atoms with Gasteiger partial charge in [0.25, 0.3) is 5.91 Å². The molecule has 3 rings (SSSR count). The molecule has 1 aliphatic rings. The summed E-state index contributed by atoms with van der Waals surface area (Å²) in [5.74, 6) is -0.173. The molecule has 0 radical (unpaired) electrons. The number of fused-ring (bicyclic) bond motifs is 1. The molecule has 2 N–H and O–H groups in total. The van der Waals surface area contributed by atoms with Crippen LogP contribution in [0.3, 0.4) is 0 Å². The molecule has 1 aromatic carbocycles. The monoisotopic (exact) mass is 343 g/mol. The number of ether oxygens (including phenoxy) is 1. The van der Waals surface area contributed by atoms with Crippen molar-refractivity contribution < 1.29 is 14.3 Å². The number of amides is 2. The van der Waals surface area contributed by atoms with Crippen molar-refractivity contribution in [2.45, 2.75) is 39.2 Å². The highest BCUT2D eigenvalue weighted by atomic mass is 16.6. The van der Waals surface area contributed by atoms with Gasteiger partial charge in [0, 0.05) is 23.5 Å². The van der Waals surface area contributed by atoms with Crippen LogP contribution >= 0.6 is 0 Å². The fourth-order valence-corrected chi connectivity index (χ4v) is 2.99. The van der Waals surface area contributed by atoms with Gasteiger partial charge >= 0.3 is 6.09 Å². The molecule has 0 unspecified atom stereocenters. The predicted octanol–water partition coefficient (Wildman–Crippen LogP) is 3.04. The van der Waals surface area contributed by atoms with Crippen molar-refractivity contribution in [3.05, 3.63) is 35.5 Å². The molecule has 0 bridgehead atoms. The number of cyclic esters (lactones) is 1. The van der Waals surface area contributed by atoms with Crippen molar-refractivity contribution >= 4 is 22.9 Å². The number of nitrogens with one attached hydrogen (secondary N) is 2. The van der Waals surface area contributed by atoms with Crippen molar-refractivity contribution in [2.24, 2.45) is 0 Å². The largest absolute Gasteiger partial charge is 0.448 e. The van der Waals surface area contributed by atoms with Gasteiger partial charge in [-0.1, -0.05) is 32.9 Å². The van der Waals surface area contributed by atoms with Gasteiger partial charge in [-0.25, -0.2) is 4.79 Å². The van der Waals surface area contributed by atoms with Gasteiger partial charge in [-0.2, -0.15) is 0 Å². The van der Waals surface area contributed by atoms with Gasteiger partial charge < -0.3 is 19.9 Å². The van der Waals surface area contributed by atoms with Gasteiger partial charge in [0.1, 0.15) is 12.3 Å². The molecule has 2 aromatic rings. The Kier molecular flexibility index (Phi) is 4.45. The Hall–Kier alpha value is -2.50. The lowest BCUT2D eigenvalue weighted by molar-refractivity contribution is 0.0926. The van der Waals surface area contributed by atoms with Crippen molar-refractivity contribution in [2.75, 3.05) is 19.7 Å². The third-order valence-electron chi connectivity index (χ3n) is 4.45. The van der Waals surface area contributed by atoms with E-state index in [0.29, 0.717) is 25.4 Å². The predicted molar refractivity (Wildman–Crippen MR) is 96.8 cm³/mol. The summed E-state index contributed by atoms with van der Waals surface area (Å²) in [4.78, 5) is 28.8. The Labute approximate surface area is 147 Å². The molecule has 6 heteroatoms. The van der Waals surface area contributed by atoms with E-state index in [0.717, 1.165) is 10.9 Å². The summed E-state index contributed by atoms with van der Waals surface area (Å²) in [6.07, 6.45) is -0.318. The quantitative estimate of drug-likeness (QED) is 0.896. The number of rotatable bonds is 4. The van der Waals surface area contributed by atoms with E-state index in [2.05, 4.69) is 43.2 Å². The fourth-order valence-electron chi connectivity index (χ4n) is 2.99. The number of nitrogens with zero attached hydrogens (tertiary/aromatic N) is 1. The van der Waals surface area contributed by atoms with Crippen LogP contribution in [0.4, 0.5) is 4.79 Å². The first-order chi connectivity index (χ1) is 11.7. The molecule has 1 aromatic heterocycles. The Balaban J connectivity index is 1.70. The van der Waals surface area contributed by atoms with Crippen LogP contribution in [0.15, 0.2) is 24.3 Å². The van der Waals surface area contributed by atoms with Crippen LogP contribution in [0.2, 0.25) is 0 Å². The number of carbonyl (C=O) groups is 2. The standard InChI is InChI=1S/C19H25N3O3/c1-12(11-22-7-8-25-18(22)24)20-17(23)16-9-13-5-6-14(19(2,3)4)10-15(13)21-16/h5-6,9-10,12,21H,7-8,11H2,1-4H3,(H,20,23)/t12-/m0/s1. The van der Waals surface area contributed by atoms with E-state index in [1.165, 1.54) is 5.56 Å². The smallest absolute Gasteiger partial charge is 0.410 e. The number of carbonyl (C=O) groups excluding carboxylic acids is 2. The fraction of sp³-hybridized carbons (Fsp3) is 0.474. The van der Waals surface area contributed by atoms with E-state index in [9.17, 15) is 9.59 Å². The Morgan fingerprint density at radius 1 is 1.36 bits per heavy atom. The average molecular weight is 343 g/mol. The first kappa shape index (κ1) is 17.3. The second-order valence-electron chi connectivity index (χ2n) is 7.67. The van der Waals surface area contributed by atoms with Gasteiger partial charge in [0.2, 0.25) is 0 Å². The summed E-state index contributed by atoms with van der Waals surface area (Å²) in [5, 5.41) is 3.94. The molecule has 1 atom stereocenters. The van der Waals surface area contributed by atoms with Crippen molar-refractivity contribution in [3.63, 3.8) is 0 Å². The van der Waals surface area contributed by atoms with Gasteiger partial charge in [-0.15, -0.1) is 0 Å². The normalized spacial score (nSPS) is 16.2. The molecule has 1 fully saturated rings. The van der Waals surface area contributed by atoms with Crippen LogP contribution in [0.5, 0.6) is 0 Å². The van der Waals surface area contributed by atoms with Crippen LogP contribution in [-0.2, 0) is 10.2 Å². The summed E-state index contributed by atoms with van der Waals surface area (Å²) in [7, 11) is 0. The highest BCUT2D eigenvalue weighted by Crippen LogP contribution is 2.26. The maximum absolute atomic E-state index is 12.5. The minimum absolute atomic E-state index is 0.0561. The van der Waals surface area contributed by atoms with Gasteiger partial charge in [0.15, 0.2) is 0 Å². The van der Waals surface area contributed by atoms with E-state index < -0.39 is 0 Å². The van der Waals surface area contributed by atoms with Crippen LogP contribution in [0, 0.1) is 0 Å². The maximum Gasteiger partial charge on any atom is 0.410 e. The number of aromatic amines is 1. The number of H-pyrrole nitrogens is 1. The average Bonchev–Trinajstić information content (AvgIpc) is 3.12. The maximum atomic E-state index is 12.5. The van der Waals surface area contributed by atoms with Crippen LogP contribution < -0.4 is 5.32 Å². The van der Waals surface area contributed by atoms with Crippen LogP contribution in [0.25, 0.3) is 10.9 Å². The molecule has 0 spiro atoms. The number of hydrogen-bond donors (Lipinski definition) is 2. The third kappa shape index (κ3) is 3.78. The number of hydrogen-bond acceptors (Lipinski definition) is 3. The lowest BCUT2D eigenvalue weighted by atomic mass is 9.87. The molecule has 25 heavy (non-hydrogen) atoms. The van der Waals surface area contributed by atoms with Crippen molar-refractivity contribution in [1.82, 2.24) is 15.2 Å². The van der Waals surface area contributed by atoms with Gasteiger partial charge in [0.05, 0.1) is 6.54 Å². The van der Waals surface area contributed by atoms with E-state index >= 15 is 0 Å². The number of benzene rings is 1. The lowest BCUT2D eigenvalue weighted by Crippen LogP contribution is -2.42. The van der Waals surface area contributed by atoms with E-state index in [1.807, 2.05) is 19.1 Å². The molecule has 0 saturated carbocycles. The highest BCUT2D eigenvalue weighted by molar-refractivity contribution is 5.98. The van der Waals surface area contributed by atoms with E-state index in [-0.39, 0.29) is 23.5 Å². The molecule has 1 aliphatic heterocycles. The summed E-state index contributed by atoms with van der Waals surface area (Å²) < 4.78 is 4.90. The molecule has 0 aliphatic carbocycles. The second kappa shape index (κ2) is 6.43. The van der Waals surface area contributed by atoms with Gasteiger partial charge in [-0.05, 0) is 30.0 Å². The molecular weight excluding hydrogens is 318 g/mol.